The van der Waals surface area contributed by atoms with Crippen LogP contribution in [0.1, 0.15) is 12.8 Å². The molecule has 1 amide bonds. The van der Waals surface area contributed by atoms with Crippen molar-refractivity contribution in [3.8, 4) is 11.4 Å². The molecule has 4 N–H and O–H groups in total. The van der Waals surface area contributed by atoms with Crippen molar-refractivity contribution in [2.45, 2.75) is 25.0 Å². The van der Waals surface area contributed by atoms with Crippen LogP contribution in [0.4, 0.5) is 5.69 Å². The Hall–Kier alpha value is -2.18. The Balaban J connectivity index is 1.62. The quantitative estimate of drug-likeness (QED) is 0.794. The van der Waals surface area contributed by atoms with E-state index in [2.05, 4.69) is 15.3 Å². The van der Waals surface area contributed by atoms with Gasteiger partial charge in [0.1, 0.15) is 11.9 Å². The molecule has 1 fully saturated rings. The molecule has 6 nitrogen and oxygen atoms in total. The van der Waals surface area contributed by atoms with Gasteiger partial charge in [0.25, 0.3) is 5.91 Å². The van der Waals surface area contributed by atoms with Crippen LogP contribution >= 0.6 is 0 Å². The van der Waals surface area contributed by atoms with Gasteiger partial charge < -0.3 is 20.8 Å². The Kier molecular flexibility index (Phi) is 3.98. The Morgan fingerprint density at radius 2 is 2.19 bits per heavy atom. The first-order valence-corrected chi connectivity index (χ1v) is 7.02. The highest BCUT2D eigenvalue weighted by Crippen LogP contribution is 2.22. The Morgan fingerprint density at radius 3 is 2.81 bits per heavy atom. The van der Waals surface area contributed by atoms with E-state index in [1.165, 1.54) is 0 Å². The van der Waals surface area contributed by atoms with Crippen molar-refractivity contribution in [2.24, 2.45) is 5.73 Å². The van der Waals surface area contributed by atoms with Crippen molar-refractivity contribution in [3.63, 3.8) is 0 Å². The number of benzene rings is 1. The van der Waals surface area contributed by atoms with Gasteiger partial charge in [0.2, 0.25) is 0 Å². The van der Waals surface area contributed by atoms with Gasteiger partial charge >= 0.3 is 0 Å². The zero-order valence-corrected chi connectivity index (χ0v) is 11.6. The molecule has 1 aromatic heterocycles. The van der Waals surface area contributed by atoms with E-state index in [4.69, 9.17) is 10.5 Å². The van der Waals surface area contributed by atoms with Crippen LogP contribution in [-0.4, -0.2) is 34.6 Å². The third-order valence-electron chi connectivity index (χ3n) is 3.59. The van der Waals surface area contributed by atoms with Crippen LogP contribution in [0.25, 0.3) is 11.4 Å². The van der Waals surface area contributed by atoms with Crippen molar-refractivity contribution in [3.05, 3.63) is 36.7 Å². The molecule has 1 aliphatic rings. The Morgan fingerprint density at radius 1 is 1.38 bits per heavy atom. The highest BCUT2D eigenvalue weighted by atomic mass is 16.5. The number of aromatic nitrogens is 2. The van der Waals surface area contributed by atoms with E-state index < -0.39 is 6.10 Å². The molecule has 2 heterocycles. The zero-order valence-electron chi connectivity index (χ0n) is 11.6. The van der Waals surface area contributed by atoms with E-state index in [0.29, 0.717) is 6.54 Å². The molecule has 1 aliphatic heterocycles. The maximum atomic E-state index is 12.1. The van der Waals surface area contributed by atoms with E-state index in [9.17, 15) is 4.79 Å². The van der Waals surface area contributed by atoms with Crippen molar-refractivity contribution < 1.29 is 9.53 Å². The molecule has 0 saturated carbocycles. The molecule has 2 aromatic rings. The molecule has 0 spiro atoms. The van der Waals surface area contributed by atoms with E-state index in [1.54, 1.807) is 12.4 Å². The molecular formula is C15H18N4O2. The molecule has 1 aromatic carbocycles. The third kappa shape index (κ3) is 3.12. The normalized spacial score (nSPS) is 21.4. The fourth-order valence-corrected chi connectivity index (χ4v) is 2.43. The lowest BCUT2D eigenvalue weighted by atomic mass is 10.1. The largest absolute Gasteiger partial charge is 0.364 e. The Bertz CT molecular complexity index is 595. The lowest BCUT2D eigenvalue weighted by Gasteiger charge is -2.12. The van der Waals surface area contributed by atoms with Crippen molar-refractivity contribution in [1.29, 1.82) is 0 Å². The first-order valence-electron chi connectivity index (χ1n) is 7.02. The topological polar surface area (TPSA) is 93.0 Å². The number of H-pyrrole nitrogens is 1. The number of rotatable bonds is 4. The summed E-state index contributed by atoms with van der Waals surface area (Å²) in [6.07, 6.45) is 4.64. The number of hydrogen-bond acceptors (Lipinski definition) is 4. The number of nitrogens with zero attached hydrogens (tertiary/aromatic N) is 1. The van der Waals surface area contributed by atoms with Gasteiger partial charge in [0, 0.05) is 30.2 Å². The number of aromatic amines is 1. The number of imidazole rings is 1. The summed E-state index contributed by atoms with van der Waals surface area (Å²) in [4.78, 5) is 19.3. The highest BCUT2D eigenvalue weighted by Gasteiger charge is 2.29. The Labute approximate surface area is 122 Å². The van der Waals surface area contributed by atoms with Crippen LogP contribution < -0.4 is 11.1 Å². The van der Waals surface area contributed by atoms with Crippen molar-refractivity contribution in [1.82, 2.24) is 9.97 Å². The number of amides is 1. The first kappa shape index (κ1) is 13.8. The summed E-state index contributed by atoms with van der Waals surface area (Å²) in [6, 6.07) is 7.52. The van der Waals surface area contributed by atoms with E-state index >= 15 is 0 Å². The second-order valence-corrected chi connectivity index (χ2v) is 5.06. The van der Waals surface area contributed by atoms with Crippen LogP contribution in [0.3, 0.4) is 0 Å². The SMILES string of the molecule is NC[C@H]1CC[C@@H](C(=O)Nc2ccc(-c3ncc[nH]3)cc2)O1. The number of nitrogens with two attached hydrogens (primary N) is 1. The number of anilines is 1. The summed E-state index contributed by atoms with van der Waals surface area (Å²) in [5.74, 6) is 0.689. The van der Waals surface area contributed by atoms with Gasteiger partial charge in [-0.25, -0.2) is 4.98 Å². The standard InChI is InChI=1S/C15H18N4O2/c16-9-12-5-6-13(21-12)15(20)19-11-3-1-10(2-4-11)14-17-7-8-18-14/h1-4,7-8,12-13H,5-6,9,16H2,(H,17,18)(H,19,20)/t12-,13+/m1/s1. The summed E-state index contributed by atoms with van der Waals surface area (Å²) in [5, 5.41) is 2.87. The van der Waals surface area contributed by atoms with Gasteiger partial charge in [0.15, 0.2) is 0 Å². The predicted octanol–water partition coefficient (Wildman–Crippen LogP) is 1.52. The lowest BCUT2D eigenvalue weighted by molar-refractivity contribution is -0.126. The number of hydrogen-bond donors (Lipinski definition) is 3. The maximum absolute atomic E-state index is 12.1. The van der Waals surface area contributed by atoms with Gasteiger partial charge in [-0.05, 0) is 37.1 Å². The van der Waals surface area contributed by atoms with E-state index in [-0.39, 0.29) is 12.0 Å². The molecule has 2 atom stereocenters. The fraction of sp³-hybridized carbons (Fsp3) is 0.333. The van der Waals surface area contributed by atoms with Crippen LogP contribution in [0.2, 0.25) is 0 Å². The predicted molar refractivity (Wildman–Crippen MR) is 79.6 cm³/mol. The average molecular weight is 286 g/mol. The van der Waals surface area contributed by atoms with Gasteiger partial charge in [-0.3, -0.25) is 4.79 Å². The third-order valence-corrected chi connectivity index (χ3v) is 3.59. The van der Waals surface area contributed by atoms with Gasteiger partial charge in [-0.2, -0.15) is 0 Å². The molecule has 110 valence electrons. The van der Waals surface area contributed by atoms with E-state index in [1.807, 2.05) is 24.3 Å². The second kappa shape index (κ2) is 6.07. The van der Waals surface area contributed by atoms with Crippen LogP contribution in [0, 0.1) is 0 Å². The summed E-state index contributed by atoms with van der Waals surface area (Å²) in [6.45, 7) is 0.460. The van der Waals surface area contributed by atoms with Crippen LogP contribution in [0.15, 0.2) is 36.7 Å². The second-order valence-electron chi connectivity index (χ2n) is 5.06. The molecule has 0 aliphatic carbocycles. The highest BCUT2D eigenvalue weighted by molar-refractivity contribution is 5.94. The molecule has 6 heteroatoms. The smallest absolute Gasteiger partial charge is 0.253 e. The van der Waals surface area contributed by atoms with Crippen LogP contribution in [0.5, 0.6) is 0 Å². The van der Waals surface area contributed by atoms with Gasteiger partial charge in [-0.15, -0.1) is 0 Å². The molecule has 0 unspecified atom stereocenters. The molecule has 0 bridgehead atoms. The van der Waals surface area contributed by atoms with Gasteiger partial charge in [-0.1, -0.05) is 0 Å². The monoisotopic (exact) mass is 286 g/mol. The molecule has 21 heavy (non-hydrogen) atoms. The molecule has 0 radical (unpaired) electrons. The summed E-state index contributed by atoms with van der Waals surface area (Å²) in [7, 11) is 0. The summed E-state index contributed by atoms with van der Waals surface area (Å²) in [5.41, 5.74) is 7.26. The van der Waals surface area contributed by atoms with Gasteiger partial charge in [0.05, 0.1) is 6.10 Å². The van der Waals surface area contributed by atoms with Crippen molar-refractivity contribution >= 4 is 11.6 Å². The number of carbonyl (C=O) groups is 1. The average Bonchev–Trinajstić information content (AvgIpc) is 3.19. The maximum Gasteiger partial charge on any atom is 0.253 e. The summed E-state index contributed by atoms with van der Waals surface area (Å²) < 4.78 is 5.58. The minimum Gasteiger partial charge on any atom is -0.364 e. The molecule has 1 saturated heterocycles. The molecule has 3 rings (SSSR count). The zero-order chi connectivity index (χ0) is 14.7. The number of carbonyl (C=O) groups excluding carboxylic acids is 1. The van der Waals surface area contributed by atoms with Crippen LogP contribution in [-0.2, 0) is 9.53 Å². The fourth-order valence-electron chi connectivity index (χ4n) is 2.43. The van der Waals surface area contributed by atoms with Crippen molar-refractivity contribution in [2.75, 3.05) is 11.9 Å². The lowest BCUT2D eigenvalue weighted by Crippen LogP contribution is -2.29. The minimum atomic E-state index is -0.400. The minimum absolute atomic E-state index is 0.00192. The number of ether oxygens (including phenoxy) is 1. The number of nitrogens with one attached hydrogen (secondary N) is 2. The summed E-state index contributed by atoms with van der Waals surface area (Å²) >= 11 is 0. The molecular weight excluding hydrogens is 268 g/mol. The first-order chi connectivity index (χ1) is 10.3. The van der Waals surface area contributed by atoms with E-state index in [0.717, 1.165) is 29.9 Å².